The third-order valence-electron chi connectivity index (χ3n) is 2.56. The predicted molar refractivity (Wildman–Crippen MR) is 61.9 cm³/mol. The molecule has 1 aliphatic carbocycles. The summed E-state index contributed by atoms with van der Waals surface area (Å²) in [6, 6.07) is 0. The number of nitrogens with zero attached hydrogens (tertiary/aromatic N) is 1. The minimum Gasteiger partial charge on any atom is -0.383 e. The first kappa shape index (κ1) is 9.77. The normalized spacial score (nSPS) is 15.8. The third kappa shape index (κ3) is 2.00. The van der Waals surface area contributed by atoms with E-state index < -0.39 is 0 Å². The van der Waals surface area contributed by atoms with Crippen LogP contribution < -0.4 is 11.1 Å². The monoisotopic (exact) mass is 211 g/mol. The fourth-order valence-corrected chi connectivity index (χ4v) is 2.41. The molecule has 0 spiro atoms. The molecule has 1 saturated carbocycles. The van der Waals surface area contributed by atoms with Gasteiger partial charge in [0.25, 0.3) is 0 Å². The van der Waals surface area contributed by atoms with Crippen molar-refractivity contribution in [3.05, 3.63) is 5.56 Å². The molecule has 0 atom stereocenters. The molecule has 0 amide bonds. The van der Waals surface area contributed by atoms with E-state index in [4.69, 9.17) is 5.73 Å². The lowest BCUT2D eigenvalue weighted by atomic mass is 10.2. The SMILES string of the molecule is CCCCNc1snc(N)c1C1CC1. The maximum absolute atomic E-state index is 5.85. The quantitative estimate of drug-likeness (QED) is 0.736. The Balaban J connectivity index is 2.01. The summed E-state index contributed by atoms with van der Waals surface area (Å²) in [6.45, 7) is 3.24. The summed E-state index contributed by atoms with van der Waals surface area (Å²) in [4.78, 5) is 0. The highest BCUT2D eigenvalue weighted by atomic mass is 32.1. The molecule has 0 aliphatic heterocycles. The van der Waals surface area contributed by atoms with Crippen molar-refractivity contribution in [2.24, 2.45) is 0 Å². The number of rotatable bonds is 5. The molecule has 1 heterocycles. The highest BCUT2D eigenvalue weighted by Gasteiger charge is 2.30. The second kappa shape index (κ2) is 4.17. The van der Waals surface area contributed by atoms with E-state index in [2.05, 4.69) is 16.6 Å². The number of hydrogen-bond acceptors (Lipinski definition) is 4. The van der Waals surface area contributed by atoms with Gasteiger partial charge in [0.15, 0.2) is 0 Å². The molecule has 3 N–H and O–H groups in total. The summed E-state index contributed by atoms with van der Waals surface area (Å²) in [5, 5.41) is 4.64. The van der Waals surface area contributed by atoms with Crippen LogP contribution in [0.2, 0.25) is 0 Å². The largest absolute Gasteiger partial charge is 0.383 e. The number of unbranched alkanes of at least 4 members (excludes halogenated alkanes) is 1. The zero-order valence-electron chi connectivity index (χ0n) is 8.55. The standard InChI is InChI=1S/C10H17N3S/c1-2-3-6-12-10-8(7-4-5-7)9(11)13-14-10/h7,12H,2-6H2,1H3,(H2,11,13). The van der Waals surface area contributed by atoms with Gasteiger partial charge in [-0.25, -0.2) is 0 Å². The molecule has 0 bridgehead atoms. The van der Waals surface area contributed by atoms with Crippen molar-refractivity contribution >= 4 is 22.4 Å². The van der Waals surface area contributed by atoms with Crippen LogP contribution in [0.4, 0.5) is 10.8 Å². The van der Waals surface area contributed by atoms with Crippen LogP contribution in [0.15, 0.2) is 0 Å². The van der Waals surface area contributed by atoms with Crippen molar-refractivity contribution in [3.63, 3.8) is 0 Å². The molecule has 1 fully saturated rings. The molecule has 14 heavy (non-hydrogen) atoms. The summed E-state index contributed by atoms with van der Waals surface area (Å²) < 4.78 is 4.21. The van der Waals surface area contributed by atoms with Crippen LogP contribution in [0, 0.1) is 0 Å². The summed E-state index contributed by atoms with van der Waals surface area (Å²) in [5.41, 5.74) is 7.13. The van der Waals surface area contributed by atoms with Gasteiger partial charge in [-0.3, -0.25) is 0 Å². The Morgan fingerprint density at radius 1 is 1.57 bits per heavy atom. The first-order valence-corrected chi connectivity index (χ1v) is 6.09. The predicted octanol–water partition coefficient (Wildman–Crippen LogP) is 2.81. The number of aromatic nitrogens is 1. The number of nitrogens with two attached hydrogens (primary N) is 1. The molecule has 0 saturated heterocycles. The van der Waals surface area contributed by atoms with Gasteiger partial charge in [0.1, 0.15) is 10.8 Å². The first-order chi connectivity index (χ1) is 6.83. The molecule has 1 aromatic rings. The van der Waals surface area contributed by atoms with E-state index in [1.54, 1.807) is 0 Å². The van der Waals surface area contributed by atoms with Crippen molar-refractivity contribution in [2.45, 2.75) is 38.5 Å². The molecule has 0 aromatic carbocycles. The van der Waals surface area contributed by atoms with Crippen molar-refractivity contribution in [2.75, 3.05) is 17.6 Å². The minimum atomic E-state index is 0.692. The van der Waals surface area contributed by atoms with E-state index in [1.807, 2.05) is 0 Å². The third-order valence-corrected chi connectivity index (χ3v) is 3.39. The lowest BCUT2D eigenvalue weighted by molar-refractivity contribution is 0.834. The van der Waals surface area contributed by atoms with Gasteiger partial charge in [-0.2, -0.15) is 4.37 Å². The fraction of sp³-hybridized carbons (Fsp3) is 0.700. The van der Waals surface area contributed by atoms with Crippen molar-refractivity contribution in [3.8, 4) is 0 Å². The van der Waals surface area contributed by atoms with E-state index in [9.17, 15) is 0 Å². The zero-order valence-corrected chi connectivity index (χ0v) is 9.36. The summed E-state index contributed by atoms with van der Waals surface area (Å²) in [7, 11) is 0. The first-order valence-electron chi connectivity index (χ1n) is 5.31. The number of nitrogens with one attached hydrogen (secondary N) is 1. The Bertz CT molecular complexity index is 304. The summed E-state index contributed by atoms with van der Waals surface area (Å²) in [6.07, 6.45) is 5.00. The Morgan fingerprint density at radius 3 is 3.00 bits per heavy atom. The van der Waals surface area contributed by atoms with Gasteiger partial charge in [0.05, 0.1) is 0 Å². The highest BCUT2D eigenvalue weighted by molar-refractivity contribution is 7.10. The number of anilines is 2. The van der Waals surface area contributed by atoms with Gasteiger partial charge in [-0.05, 0) is 36.7 Å². The van der Waals surface area contributed by atoms with Crippen LogP contribution in [0.3, 0.4) is 0 Å². The smallest absolute Gasteiger partial charge is 0.142 e. The second-order valence-corrected chi connectivity index (χ2v) is 4.64. The number of hydrogen-bond donors (Lipinski definition) is 2. The molecule has 3 nitrogen and oxygen atoms in total. The van der Waals surface area contributed by atoms with E-state index in [0.29, 0.717) is 5.92 Å². The molecule has 2 rings (SSSR count). The van der Waals surface area contributed by atoms with Gasteiger partial charge < -0.3 is 11.1 Å². The molecular formula is C10H17N3S. The average molecular weight is 211 g/mol. The lowest BCUT2D eigenvalue weighted by Gasteiger charge is -2.04. The van der Waals surface area contributed by atoms with E-state index in [1.165, 1.54) is 47.8 Å². The van der Waals surface area contributed by atoms with E-state index in [0.717, 1.165) is 12.4 Å². The van der Waals surface area contributed by atoms with Crippen LogP contribution in [0.1, 0.15) is 44.1 Å². The minimum absolute atomic E-state index is 0.692. The molecule has 78 valence electrons. The summed E-state index contributed by atoms with van der Waals surface area (Å²) in [5.74, 6) is 1.44. The summed E-state index contributed by atoms with van der Waals surface area (Å²) >= 11 is 1.51. The molecule has 1 aromatic heterocycles. The average Bonchev–Trinajstić information content (AvgIpc) is 2.93. The molecule has 4 heteroatoms. The van der Waals surface area contributed by atoms with Crippen LogP contribution in [-0.2, 0) is 0 Å². The molecule has 0 unspecified atom stereocenters. The van der Waals surface area contributed by atoms with Crippen molar-refractivity contribution in [1.82, 2.24) is 4.37 Å². The van der Waals surface area contributed by atoms with Gasteiger partial charge in [-0.1, -0.05) is 13.3 Å². The van der Waals surface area contributed by atoms with Gasteiger partial charge in [0.2, 0.25) is 0 Å². The van der Waals surface area contributed by atoms with E-state index >= 15 is 0 Å². The van der Waals surface area contributed by atoms with E-state index in [-0.39, 0.29) is 0 Å². The van der Waals surface area contributed by atoms with Crippen LogP contribution >= 0.6 is 11.5 Å². The fourth-order valence-electron chi connectivity index (χ4n) is 1.58. The Hall–Kier alpha value is -0.770. The second-order valence-electron chi connectivity index (χ2n) is 3.87. The van der Waals surface area contributed by atoms with Crippen molar-refractivity contribution in [1.29, 1.82) is 0 Å². The van der Waals surface area contributed by atoms with Crippen molar-refractivity contribution < 1.29 is 0 Å². The maximum Gasteiger partial charge on any atom is 0.142 e. The Labute approximate surface area is 88.9 Å². The van der Waals surface area contributed by atoms with Gasteiger partial charge >= 0.3 is 0 Å². The Morgan fingerprint density at radius 2 is 2.36 bits per heavy atom. The van der Waals surface area contributed by atoms with Crippen LogP contribution in [0.25, 0.3) is 0 Å². The van der Waals surface area contributed by atoms with Crippen LogP contribution in [-0.4, -0.2) is 10.9 Å². The van der Waals surface area contributed by atoms with Crippen LogP contribution in [0.5, 0.6) is 0 Å². The number of nitrogen functional groups attached to an aromatic ring is 1. The highest BCUT2D eigenvalue weighted by Crippen LogP contribution is 2.47. The molecule has 0 radical (unpaired) electrons. The Kier molecular flexibility index (Phi) is 2.91. The topological polar surface area (TPSA) is 50.9 Å². The maximum atomic E-state index is 5.85. The van der Waals surface area contributed by atoms with Gasteiger partial charge in [-0.15, -0.1) is 0 Å². The molecular weight excluding hydrogens is 194 g/mol. The van der Waals surface area contributed by atoms with Gasteiger partial charge in [0, 0.05) is 12.1 Å². The lowest BCUT2D eigenvalue weighted by Crippen LogP contribution is -2.01. The molecule has 1 aliphatic rings. The zero-order chi connectivity index (χ0) is 9.97.